The van der Waals surface area contributed by atoms with E-state index >= 15 is 0 Å². The quantitative estimate of drug-likeness (QED) is 0.0205. The maximum atomic E-state index is 13.5. The molecule has 0 aliphatic carbocycles. The number of carbonyl (C=O) groups is 2. The molecule has 0 saturated carbocycles. The number of phosphoric acid groups is 1. The predicted octanol–water partition coefficient (Wildman–Crippen LogP) is 18.7. The van der Waals surface area contributed by atoms with Gasteiger partial charge in [-0.2, -0.15) is 0 Å². The number of quaternary nitrogens is 1. The van der Waals surface area contributed by atoms with Gasteiger partial charge in [-0.05, 0) is 115 Å². The molecule has 10 heteroatoms. The second-order valence-corrected chi connectivity index (χ2v) is 22.6. The van der Waals surface area contributed by atoms with Gasteiger partial charge in [0, 0.05) is 12.8 Å². The van der Waals surface area contributed by atoms with Crippen molar-refractivity contribution in [3.05, 3.63) is 122 Å². The molecule has 0 bridgehead atoms. The monoisotopic (exact) mass is 1080 g/mol. The number of carbonyl (C=O) groups excluding carboxylic acids is 2. The molecule has 0 rings (SSSR count). The van der Waals surface area contributed by atoms with E-state index in [1.165, 1.54) is 57.8 Å². The van der Waals surface area contributed by atoms with Crippen molar-refractivity contribution in [3.8, 4) is 0 Å². The minimum Gasteiger partial charge on any atom is -0.456 e. The number of hydrogen-bond donors (Lipinski definition) is 2. The van der Waals surface area contributed by atoms with Crippen LogP contribution in [0.15, 0.2) is 122 Å². The van der Waals surface area contributed by atoms with E-state index in [0.717, 1.165) is 128 Å². The molecule has 0 fully saturated rings. The lowest BCUT2D eigenvalue weighted by Crippen LogP contribution is -2.47. The highest BCUT2D eigenvalue weighted by Crippen LogP contribution is 2.43. The average molecular weight is 1080 g/mol. The summed E-state index contributed by atoms with van der Waals surface area (Å²) in [5.41, 5.74) is 0. The minimum absolute atomic E-state index is 0.0243. The summed E-state index contributed by atoms with van der Waals surface area (Å²) in [6, 6.07) is -0.880. The molecular formula is C66H114N2O7P+. The van der Waals surface area contributed by atoms with Crippen LogP contribution in [0, 0.1) is 0 Å². The highest BCUT2D eigenvalue weighted by Gasteiger charge is 2.30. The van der Waals surface area contributed by atoms with Crippen LogP contribution in [-0.2, 0) is 27.9 Å². The summed E-state index contributed by atoms with van der Waals surface area (Å²) in [5, 5.41) is 3.03. The van der Waals surface area contributed by atoms with Crippen molar-refractivity contribution in [1.29, 1.82) is 0 Å². The third kappa shape index (κ3) is 55.2. The fraction of sp³-hybridized carbons (Fsp3) is 0.667. The second kappa shape index (κ2) is 54.8. The van der Waals surface area contributed by atoms with Crippen molar-refractivity contribution in [2.24, 2.45) is 0 Å². The van der Waals surface area contributed by atoms with E-state index in [2.05, 4.69) is 135 Å². The van der Waals surface area contributed by atoms with Crippen LogP contribution >= 0.6 is 7.82 Å². The Morgan fingerprint density at radius 3 is 1.26 bits per heavy atom. The molecule has 0 saturated heterocycles. The van der Waals surface area contributed by atoms with E-state index in [1.54, 1.807) is 0 Å². The zero-order chi connectivity index (χ0) is 55.7. The first-order valence-corrected chi connectivity index (χ1v) is 31.9. The molecule has 2 N–H and O–H groups in total. The van der Waals surface area contributed by atoms with Gasteiger partial charge in [0.05, 0.1) is 33.8 Å². The van der Waals surface area contributed by atoms with Gasteiger partial charge in [0.2, 0.25) is 5.91 Å². The van der Waals surface area contributed by atoms with E-state index < -0.39 is 20.0 Å². The van der Waals surface area contributed by atoms with Crippen molar-refractivity contribution < 1.29 is 37.3 Å². The summed E-state index contributed by atoms with van der Waals surface area (Å²) < 4.78 is 30.6. The zero-order valence-corrected chi connectivity index (χ0v) is 50.3. The molecule has 434 valence electrons. The number of amides is 1. The highest BCUT2D eigenvalue weighted by molar-refractivity contribution is 7.47. The number of phosphoric ester groups is 1. The number of nitrogens with one attached hydrogen (secondary N) is 1. The number of unbranched alkanes of at least 4 members (excludes halogenated alkanes) is 19. The molecule has 0 spiro atoms. The average Bonchev–Trinajstić information content (AvgIpc) is 3.38. The van der Waals surface area contributed by atoms with Crippen LogP contribution in [0.2, 0.25) is 0 Å². The number of nitrogens with zero attached hydrogens (tertiary/aromatic N) is 1. The fourth-order valence-corrected chi connectivity index (χ4v) is 8.75. The first-order valence-electron chi connectivity index (χ1n) is 30.4. The normalized spacial score (nSPS) is 14.6. The van der Waals surface area contributed by atoms with Gasteiger partial charge in [0.15, 0.2) is 0 Å². The predicted molar refractivity (Wildman–Crippen MR) is 327 cm³/mol. The highest BCUT2D eigenvalue weighted by atomic mass is 31.2. The van der Waals surface area contributed by atoms with Crippen molar-refractivity contribution >= 4 is 19.7 Å². The number of ether oxygens (including phenoxy) is 1. The van der Waals surface area contributed by atoms with Crippen molar-refractivity contribution in [1.82, 2.24) is 5.32 Å². The van der Waals surface area contributed by atoms with Crippen LogP contribution in [0.3, 0.4) is 0 Å². The fourth-order valence-electron chi connectivity index (χ4n) is 8.01. The molecule has 0 aliphatic rings. The van der Waals surface area contributed by atoms with Crippen molar-refractivity contribution in [3.63, 3.8) is 0 Å². The first-order chi connectivity index (χ1) is 36.9. The molecule has 0 aromatic carbocycles. The van der Waals surface area contributed by atoms with Crippen LogP contribution in [-0.4, -0.2) is 74.3 Å². The van der Waals surface area contributed by atoms with E-state index in [-0.39, 0.29) is 31.5 Å². The standard InChI is InChI=1S/C66H113N2O7P/c1-7-10-13-16-19-22-25-28-30-31-32-33-34-35-36-37-38-40-43-46-49-52-55-58-65(69)67-63(62-74-76(71,72)73-61-60-68(4,5)6)64(57-54-51-48-45-42-39-27-24-21-18-15-12-9-3)75-66(70)59-56-53-50-47-44-41-29-26-23-20-17-14-11-8-2/h10-11,13-14,19-20,22-23,28-30,32-33,35-36,38,40-41,54,57,63-64H,7-9,12,15-18,21,24-27,31,34,37,39,42-53,55-56,58-62H2,1-6H3,(H-,67,69,71,72)/p+1/b13-10-,14-11+,22-19-,23-20+,30-28-,33-32-,36-35-,40-38-,41-29+,57-54-. The Kier molecular flexibility index (Phi) is 52.2. The molecular weight excluding hydrogens is 964 g/mol. The maximum Gasteiger partial charge on any atom is 0.472 e. The Labute approximate surface area is 467 Å². The largest absolute Gasteiger partial charge is 0.472 e. The third-order valence-electron chi connectivity index (χ3n) is 12.6. The Bertz CT molecular complexity index is 1720. The zero-order valence-electron chi connectivity index (χ0n) is 49.4. The van der Waals surface area contributed by atoms with Gasteiger partial charge < -0.3 is 19.4 Å². The van der Waals surface area contributed by atoms with Crippen LogP contribution in [0.1, 0.15) is 233 Å². The number of esters is 1. The number of hydrogen-bond acceptors (Lipinski definition) is 6. The minimum atomic E-state index is -4.47. The summed E-state index contributed by atoms with van der Waals surface area (Å²) in [6.07, 6.45) is 76.2. The molecule has 0 aromatic heterocycles. The number of rotatable bonds is 53. The van der Waals surface area contributed by atoms with Gasteiger partial charge in [-0.15, -0.1) is 0 Å². The van der Waals surface area contributed by atoms with Gasteiger partial charge in [-0.1, -0.05) is 226 Å². The summed E-state index contributed by atoms with van der Waals surface area (Å²) in [6.45, 7) is 6.73. The molecule has 3 unspecified atom stereocenters. The summed E-state index contributed by atoms with van der Waals surface area (Å²) >= 11 is 0. The first kappa shape index (κ1) is 72.4. The Morgan fingerprint density at radius 2 is 0.842 bits per heavy atom. The summed E-state index contributed by atoms with van der Waals surface area (Å²) in [5.74, 6) is -0.569. The maximum absolute atomic E-state index is 13.5. The van der Waals surface area contributed by atoms with Crippen LogP contribution in [0.5, 0.6) is 0 Å². The van der Waals surface area contributed by atoms with E-state index in [4.69, 9.17) is 13.8 Å². The molecule has 3 atom stereocenters. The van der Waals surface area contributed by atoms with Crippen molar-refractivity contribution in [2.45, 2.75) is 245 Å². The second-order valence-electron chi connectivity index (χ2n) is 21.1. The van der Waals surface area contributed by atoms with Crippen LogP contribution < -0.4 is 5.32 Å². The lowest BCUT2D eigenvalue weighted by molar-refractivity contribution is -0.870. The summed E-state index contributed by atoms with van der Waals surface area (Å²) in [4.78, 5) is 37.7. The van der Waals surface area contributed by atoms with Crippen molar-refractivity contribution in [2.75, 3.05) is 40.9 Å². The molecule has 0 aromatic rings. The van der Waals surface area contributed by atoms with Gasteiger partial charge in [0.25, 0.3) is 0 Å². The molecule has 76 heavy (non-hydrogen) atoms. The topological polar surface area (TPSA) is 111 Å². The van der Waals surface area contributed by atoms with Crippen LogP contribution in [0.25, 0.3) is 0 Å². The number of allylic oxidation sites excluding steroid dienone is 19. The Morgan fingerprint density at radius 1 is 0.474 bits per heavy atom. The lowest BCUT2D eigenvalue weighted by Gasteiger charge is -2.27. The molecule has 0 radical (unpaired) electrons. The van der Waals surface area contributed by atoms with E-state index in [9.17, 15) is 19.0 Å². The summed E-state index contributed by atoms with van der Waals surface area (Å²) in [7, 11) is 1.45. The number of likely N-dealkylation sites (N-methyl/N-ethyl adjacent to an activating group) is 1. The van der Waals surface area contributed by atoms with Gasteiger partial charge in [-0.25, -0.2) is 4.57 Å². The van der Waals surface area contributed by atoms with Gasteiger partial charge in [-0.3, -0.25) is 18.6 Å². The third-order valence-corrected chi connectivity index (χ3v) is 13.6. The molecule has 1 amide bonds. The molecule has 9 nitrogen and oxygen atoms in total. The lowest BCUT2D eigenvalue weighted by atomic mass is 10.0. The van der Waals surface area contributed by atoms with Gasteiger partial charge in [0.1, 0.15) is 19.3 Å². The Balaban J connectivity index is 5.36. The Hall–Kier alpha value is -3.59. The van der Waals surface area contributed by atoms with Gasteiger partial charge >= 0.3 is 13.8 Å². The SMILES string of the molecule is CC/C=C\C/C=C\C/C=C\C/C=C\C/C=C\C/C=C\CCCCCCC(=O)NC(COP(=O)(O)OCC[N+](C)(C)C)C(/C=C\CCCCCCCCCCCCC)OC(=O)CCCCCC/C=C/C/C=C/C/C=C/CC. The van der Waals surface area contributed by atoms with E-state index in [0.29, 0.717) is 30.3 Å². The smallest absolute Gasteiger partial charge is 0.456 e. The van der Waals surface area contributed by atoms with Crippen LogP contribution in [0.4, 0.5) is 0 Å². The van der Waals surface area contributed by atoms with E-state index in [1.807, 2.05) is 33.3 Å². The molecule has 0 aliphatic heterocycles. The molecule has 0 heterocycles.